The van der Waals surface area contributed by atoms with E-state index in [1.165, 1.54) is 0 Å². The number of amides is 2. The molecule has 2 N–H and O–H groups in total. The fraction of sp³-hybridized carbons (Fsp3) is 0.462. The molecule has 0 saturated carbocycles. The molecule has 1 saturated heterocycles. The summed E-state index contributed by atoms with van der Waals surface area (Å²) >= 11 is 3.38. The summed E-state index contributed by atoms with van der Waals surface area (Å²) < 4.78 is 6.29. The minimum absolute atomic E-state index is 0.121. The second kappa shape index (κ2) is 6.75. The monoisotopic (exact) mass is 312 g/mol. The first kappa shape index (κ1) is 13.4. The van der Waals surface area contributed by atoms with Crippen molar-refractivity contribution in [3.8, 4) is 0 Å². The molecule has 0 bridgehead atoms. The summed E-state index contributed by atoms with van der Waals surface area (Å²) in [5.74, 6) is 0.462. The fourth-order valence-corrected chi connectivity index (χ4v) is 2.09. The van der Waals surface area contributed by atoms with Crippen LogP contribution in [0, 0.1) is 5.92 Å². The smallest absolute Gasteiger partial charge is 0.315 e. The molecule has 1 aromatic carbocycles. The second-order valence-electron chi connectivity index (χ2n) is 4.42. The fourth-order valence-electron chi connectivity index (χ4n) is 1.83. The van der Waals surface area contributed by atoms with Crippen LogP contribution in [0.3, 0.4) is 0 Å². The molecular weight excluding hydrogens is 296 g/mol. The van der Waals surface area contributed by atoms with Crippen LogP contribution in [0.2, 0.25) is 0 Å². The molecular formula is C13H17BrN2O2. The lowest BCUT2D eigenvalue weighted by Crippen LogP contribution is -2.38. The Morgan fingerprint density at radius 2 is 2.11 bits per heavy atom. The maximum atomic E-state index is 11.6. The van der Waals surface area contributed by atoms with E-state index in [4.69, 9.17) is 4.74 Å². The van der Waals surface area contributed by atoms with E-state index in [0.717, 1.165) is 29.7 Å². The number of carbonyl (C=O) groups excluding carboxylic acids is 1. The molecule has 1 heterocycles. The lowest BCUT2D eigenvalue weighted by atomic mass is 10.1. The molecule has 5 heteroatoms. The molecule has 4 nitrogen and oxygen atoms in total. The quantitative estimate of drug-likeness (QED) is 0.896. The molecule has 18 heavy (non-hydrogen) atoms. The van der Waals surface area contributed by atoms with Crippen LogP contribution in [0.4, 0.5) is 4.79 Å². The Kier molecular flexibility index (Phi) is 5.01. The number of nitrogens with one attached hydrogen (secondary N) is 2. The van der Waals surface area contributed by atoms with Crippen LogP contribution >= 0.6 is 15.9 Å². The van der Waals surface area contributed by atoms with Gasteiger partial charge in [-0.25, -0.2) is 4.79 Å². The molecule has 0 radical (unpaired) electrons. The van der Waals surface area contributed by atoms with E-state index in [9.17, 15) is 4.79 Å². The highest BCUT2D eigenvalue weighted by molar-refractivity contribution is 9.10. The van der Waals surface area contributed by atoms with Crippen molar-refractivity contribution >= 4 is 22.0 Å². The van der Waals surface area contributed by atoms with E-state index in [-0.39, 0.29) is 6.03 Å². The van der Waals surface area contributed by atoms with Crippen LogP contribution in [0.25, 0.3) is 0 Å². The Bertz CT molecular complexity index is 388. The van der Waals surface area contributed by atoms with Crippen LogP contribution in [0.15, 0.2) is 28.7 Å². The highest BCUT2D eigenvalue weighted by Gasteiger charge is 2.15. The Balaban J connectivity index is 1.66. The minimum Gasteiger partial charge on any atom is -0.381 e. The lowest BCUT2D eigenvalue weighted by molar-refractivity contribution is 0.185. The molecule has 1 aliphatic heterocycles. The van der Waals surface area contributed by atoms with Crippen LogP contribution in [-0.4, -0.2) is 25.8 Å². The number of halogens is 1. The van der Waals surface area contributed by atoms with E-state index in [1.807, 2.05) is 24.3 Å². The third-order valence-corrected chi connectivity index (χ3v) is 3.47. The third kappa shape index (κ3) is 4.31. The summed E-state index contributed by atoms with van der Waals surface area (Å²) in [6.07, 6.45) is 1.03. The summed E-state index contributed by atoms with van der Waals surface area (Å²) in [6, 6.07) is 7.77. The summed E-state index contributed by atoms with van der Waals surface area (Å²) in [6.45, 7) is 2.80. The van der Waals surface area contributed by atoms with E-state index >= 15 is 0 Å². The number of hydrogen-bond acceptors (Lipinski definition) is 2. The van der Waals surface area contributed by atoms with Crippen molar-refractivity contribution < 1.29 is 9.53 Å². The predicted octanol–water partition coefficient (Wildman–Crippen LogP) is 2.28. The van der Waals surface area contributed by atoms with Crippen LogP contribution < -0.4 is 10.6 Å². The Labute approximate surface area is 115 Å². The summed E-state index contributed by atoms with van der Waals surface area (Å²) in [5, 5.41) is 5.70. The number of benzene rings is 1. The van der Waals surface area contributed by atoms with Gasteiger partial charge < -0.3 is 15.4 Å². The van der Waals surface area contributed by atoms with Crippen molar-refractivity contribution in [3.05, 3.63) is 34.3 Å². The number of urea groups is 1. The first-order chi connectivity index (χ1) is 8.74. The average molecular weight is 313 g/mol. The van der Waals surface area contributed by atoms with Crippen molar-refractivity contribution in [1.82, 2.24) is 10.6 Å². The van der Waals surface area contributed by atoms with Gasteiger partial charge in [-0.05, 0) is 24.1 Å². The molecule has 0 aromatic heterocycles. The number of ether oxygens (including phenoxy) is 1. The number of rotatable bonds is 4. The molecule has 1 aromatic rings. The van der Waals surface area contributed by atoms with Gasteiger partial charge in [0.15, 0.2) is 0 Å². The molecule has 2 rings (SSSR count). The van der Waals surface area contributed by atoms with Gasteiger partial charge in [0.25, 0.3) is 0 Å². The zero-order valence-electron chi connectivity index (χ0n) is 10.1. The molecule has 98 valence electrons. The van der Waals surface area contributed by atoms with E-state index in [2.05, 4.69) is 26.6 Å². The van der Waals surface area contributed by atoms with Crippen molar-refractivity contribution in [1.29, 1.82) is 0 Å². The SMILES string of the molecule is O=C(NCc1ccc(Br)cc1)NC[C@H]1CCOC1. The largest absolute Gasteiger partial charge is 0.381 e. The summed E-state index contributed by atoms with van der Waals surface area (Å²) in [4.78, 5) is 11.6. The molecule has 2 amide bonds. The predicted molar refractivity (Wildman–Crippen MR) is 73.3 cm³/mol. The van der Waals surface area contributed by atoms with Gasteiger partial charge in [0.2, 0.25) is 0 Å². The lowest BCUT2D eigenvalue weighted by Gasteiger charge is -2.10. The van der Waals surface area contributed by atoms with Gasteiger partial charge in [0.1, 0.15) is 0 Å². The van der Waals surface area contributed by atoms with Gasteiger partial charge in [-0.15, -0.1) is 0 Å². The van der Waals surface area contributed by atoms with Gasteiger partial charge in [-0.1, -0.05) is 28.1 Å². The Morgan fingerprint density at radius 3 is 2.78 bits per heavy atom. The standard InChI is InChI=1S/C13H17BrN2O2/c14-12-3-1-10(2-4-12)7-15-13(17)16-8-11-5-6-18-9-11/h1-4,11H,5-9H2,(H2,15,16,17)/t11-/m1/s1. The van der Waals surface area contributed by atoms with Gasteiger partial charge in [-0.3, -0.25) is 0 Å². The first-order valence-corrected chi connectivity index (χ1v) is 6.87. The van der Waals surface area contributed by atoms with Crippen molar-refractivity contribution in [3.63, 3.8) is 0 Å². The van der Waals surface area contributed by atoms with E-state index in [1.54, 1.807) is 0 Å². The van der Waals surface area contributed by atoms with Crippen LogP contribution in [0.1, 0.15) is 12.0 Å². The molecule has 1 atom stereocenters. The molecule has 0 aliphatic carbocycles. The molecule has 0 unspecified atom stereocenters. The highest BCUT2D eigenvalue weighted by Crippen LogP contribution is 2.11. The highest BCUT2D eigenvalue weighted by atomic mass is 79.9. The normalized spacial score (nSPS) is 18.6. The maximum absolute atomic E-state index is 11.6. The molecule has 0 spiro atoms. The molecule has 1 fully saturated rings. The molecule has 1 aliphatic rings. The van der Waals surface area contributed by atoms with Crippen molar-refractivity contribution in [2.75, 3.05) is 19.8 Å². The Morgan fingerprint density at radius 1 is 1.33 bits per heavy atom. The van der Waals surface area contributed by atoms with Gasteiger partial charge in [0.05, 0.1) is 6.61 Å². The van der Waals surface area contributed by atoms with Crippen molar-refractivity contribution in [2.45, 2.75) is 13.0 Å². The van der Waals surface area contributed by atoms with Gasteiger partial charge in [-0.2, -0.15) is 0 Å². The van der Waals surface area contributed by atoms with Crippen LogP contribution in [-0.2, 0) is 11.3 Å². The topological polar surface area (TPSA) is 50.4 Å². The van der Waals surface area contributed by atoms with Gasteiger partial charge in [0, 0.05) is 30.1 Å². The summed E-state index contributed by atoms with van der Waals surface area (Å²) in [5.41, 5.74) is 1.08. The zero-order chi connectivity index (χ0) is 12.8. The van der Waals surface area contributed by atoms with Gasteiger partial charge >= 0.3 is 6.03 Å². The zero-order valence-corrected chi connectivity index (χ0v) is 11.7. The minimum atomic E-state index is -0.121. The maximum Gasteiger partial charge on any atom is 0.315 e. The van der Waals surface area contributed by atoms with Crippen molar-refractivity contribution in [2.24, 2.45) is 5.92 Å². The Hall–Kier alpha value is -1.07. The van der Waals surface area contributed by atoms with Crippen LogP contribution in [0.5, 0.6) is 0 Å². The summed E-state index contributed by atoms with van der Waals surface area (Å²) in [7, 11) is 0. The average Bonchev–Trinajstić information content (AvgIpc) is 2.89. The number of hydrogen-bond donors (Lipinski definition) is 2. The second-order valence-corrected chi connectivity index (χ2v) is 5.34. The first-order valence-electron chi connectivity index (χ1n) is 6.08. The number of carbonyl (C=O) groups is 1. The van der Waals surface area contributed by atoms with E-state index < -0.39 is 0 Å². The third-order valence-electron chi connectivity index (χ3n) is 2.94. The van der Waals surface area contributed by atoms with E-state index in [0.29, 0.717) is 19.0 Å².